The number of aliphatic hydroxyl groups is 1. The topological polar surface area (TPSA) is 37.3 Å². The largest absolute Gasteiger partial charge is 0.393 e. The van der Waals surface area contributed by atoms with Crippen LogP contribution in [0.5, 0.6) is 0 Å². The third kappa shape index (κ3) is 1.99. The summed E-state index contributed by atoms with van der Waals surface area (Å²) in [6, 6.07) is 0. The van der Waals surface area contributed by atoms with E-state index in [1.165, 1.54) is 25.7 Å². The van der Waals surface area contributed by atoms with E-state index in [1.54, 1.807) is 0 Å². The first-order valence-corrected chi connectivity index (χ1v) is 8.36. The summed E-state index contributed by atoms with van der Waals surface area (Å²) in [5, 5.41) is 10.4. The number of hydrogen-bond acceptors (Lipinski definition) is 2. The highest BCUT2D eigenvalue weighted by Gasteiger charge is 2.55. The predicted molar refractivity (Wildman–Crippen MR) is 80.1 cm³/mol. The molecule has 1 N–H and O–H groups in total. The second kappa shape index (κ2) is 5.29. The first-order valence-electron chi connectivity index (χ1n) is 8.36. The van der Waals surface area contributed by atoms with Crippen molar-refractivity contribution in [1.82, 2.24) is 0 Å². The van der Waals surface area contributed by atoms with Gasteiger partial charge in [-0.15, -0.1) is 6.58 Å². The molecule has 7 unspecified atom stereocenters. The van der Waals surface area contributed by atoms with Crippen molar-refractivity contribution in [2.24, 2.45) is 35.0 Å². The van der Waals surface area contributed by atoms with Crippen LogP contribution in [0.3, 0.4) is 0 Å². The molecule has 0 radical (unpaired) electrons. The minimum Gasteiger partial charge on any atom is -0.393 e. The zero-order chi connectivity index (χ0) is 14.3. The fourth-order valence-corrected chi connectivity index (χ4v) is 5.90. The molecule has 3 saturated carbocycles. The summed E-state index contributed by atoms with van der Waals surface area (Å²) in [6.45, 7) is 6.37. The maximum absolute atomic E-state index is 10.9. The van der Waals surface area contributed by atoms with Gasteiger partial charge >= 0.3 is 0 Å². The van der Waals surface area contributed by atoms with Gasteiger partial charge in [-0.3, -0.25) is 0 Å². The predicted octanol–water partition coefficient (Wildman–Crippen LogP) is 3.59. The van der Waals surface area contributed by atoms with Gasteiger partial charge in [0, 0.05) is 6.42 Å². The van der Waals surface area contributed by atoms with E-state index in [9.17, 15) is 9.90 Å². The average molecular weight is 276 g/mol. The van der Waals surface area contributed by atoms with Crippen LogP contribution in [-0.2, 0) is 4.79 Å². The molecule has 3 aliphatic rings. The number of aliphatic hydroxyl groups excluding tert-OH is 1. The van der Waals surface area contributed by atoms with Crippen molar-refractivity contribution in [3.63, 3.8) is 0 Å². The molecule has 7 atom stereocenters. The van der Waals surface area contributed by atoms with E-state index in [4.69, 9.17) is 0 Å². The summed E-state index contributed by atoms with van der Waals surface area (Å²) < 4.78 is 0. The second-order valence-electron chi connectivity index (χ2n) is 7.62. The van der Waals surface area contributed by atoms with Gasteiger partial charge in [0.05, 0.1) is 6.10 Å². The third-order valence-corrected chi connectivity index (χ3v) is 7.02. The number of carbonyl (C=O) groups excluding carboxylic acids is 1. The lowest BCUT2D eigenvalue weighted by Gasteiger charge is -2.53. The molecule has 0 bridgehead atoms. The Morgan fingerprint density at radius 3 is 2.70 bits per heavy atom. The Hall–Kier alpha value is -0.630. The molecule has 0 aromatic carbocycles. The van der Waals surface area contributed by atoms with E-state index < -0.39 is 0 Å². The van der Waals surface area contributed by atoms with E-state index >= 15 is 0 Å². The number of fused-ring (bicyclic) bond motifs is 3. The minimum absolute atomic E-state index is 0.0941. The highest BCUT2D eigenvalue weighted by atomic mass is 16.3. The Morgan fingerprint density at radius 2 is 2.00 bits per heavy atom. The highest BCUT2D eigenvalue weighted by Crippen LogP contribution is 2.61. The first kappa shape index (κ1) is 14.3. The molecule has 0 amide bonds. The number of aldehydes is 1. The van der Waals surface area contributed by atoms with E-state index in [0.29, 0.717) is 30.1 Å². The van der Waals surface area contributed by atoms with Gasteiger partial charge in [-0.25, -0.2) is 0 Å². The van der Waals surface area contributed by atoms with Gasteiger partial charge in [0.25, 0.3) is 0 Å². The smallest absolute Gasteiger partial charge is 0.120 e. The molecule has 20 heavy (non-hydrogen) atoms. The monoisotopic (exact) mass is 276 g/mol. The normalized spacial score (nSPS) is 51.1. The molecule has 0 spiro atoms. The summed E-state index contributed by atoms with van der Waals surface area (Å²) in [7, 11) is 0. The van der Waals surface area contributed by atoms with Gasteiger partial charge in [0.1, 0.15) is 6.29 Å². The van der Waals surface area contributed by atoms with Crippen molar-refractivity contribution in [3.05, 3.63) is 12.7 Å². The average Bonchev–Trinajstić information content (AvgIpc) is 2.75. The third-order valence-electron chi connectivity index (χ3n) is 7.02. The highest BCUT2D eigenvalue weighted by molar-refractivity contribution is 5.50. The van der Waals surface area contributed by atoms with E-state index in [0.717, 1.165) is 25.0 Å². The standard InChI is InChI=1S/C18H28O2/c1-3-13-12(9-11-19)4-5-15-14(13)8-10-18(2)16(15)6-7-17(18)20/h3,11-17,20H,1,4-10H2,2H3. The Kier molecular flexibility index (Phi) is 3.79. The van der Waals surface area contributed by atoms with Gasteiger partial charge in [0.2, 0.25) is 0 Å². The van der Waals surface area contributed by atoms with E-state index in [2.05, 4.69) is 19.6 Å². The van der Waals surface area contributed by atoms with Crippen LogP contribution in [0.1, 0.15) is 51.9 Å². The lowest BCUT2D eigenvalue weighted by Crippen LogP contribution is -2.48. The van der Waals surface area contributed by atoms with Gasteiger partial charge in [0.15, 0.2) is 0 Å². The molecule has 2 nitrogen and oxygen atoms in total. The summed E-state index contributed by atoms with van der Waals surface area (Å²) >= 11 is 0. The van der Waals surface area contributed by atoms with Crippen LogP contribution >= 0.6 is 0 Å². The van der Waals surface area contributed by atoms with Crippen molar-refractivity contribution < 1.29 is 9.90 Å². The number of hydrogen-bond donors (Lipinski definition) is 1. The number of rotatable bonds is 3. The van der Waals surface area contributed by atoms with Crippen LogP contribution in [0, 0.1) is 35.0 Å². The molecule has 2 heteroatoms. The Bertz CT molecular complexity index is 391. The molecule has 3 aliphatic carbocycles. The van der Waals surface area contributed by atoms with Gasteiger partial charge in [-0.1, -0.05) is 13.0 Å². The van der Waals surface area contributed by atoms with Crippen molar-refractivity contribution in [2.45, 2.75) is 58.0 Å². The second-order valence-corrected chi connectivity index (χ2v) is 7.62. The van der Waals surface area contributed by atoms with Crippen molar-refractivity contribution in [2.75, 3.05) is 0 Å². The number of allylic oxidation sites excluding steroid dienone is 1. The number of carbonyl (C=O) groups is 1. The molecule has 3 rings (SSSR count). The quantitative estimate of drug-likeness (QED) is 0.632. The molecule has 0 aromatic heterocycles. The summed E-state index contributed by atoms with van der Waals surface area (Å²) in [6.07, 6.45) is 10.8. The van der Waals surface area contributed by atoms with Crippen LogP contribution in [0.15, 0.2) is 12.7 Å². The lowest BCUT2D eigenvalue weighted by atomic mass is 9.52. The van der Waals surface area contributed by atoms with Crippen LogP contribution in [0.25, 0.3) is 0 Å². The molecular weight excluding hydrogens is 248 g/mol. The fraction of sp³-hybridized carbons (Fsp3) is 0.833. The summed E-state index contributed by atoms with van der Waals surface area (Å²) in [5.74, 6) is 3.17. The molecule has 0 aromatic rings. The van der Waals surface area contributed by atoms with Gasteiger partial charge in [-0.2, -0.15) is 0 Å². The van der Waals surface area contributed by atoms with Gasteiger partial charge < -0.3 is 9.90 Å². The van der Waals surface area contributed by atoms with Crippen LogP contribution < -0.4 is 0 Å². The van der Waals surface area contributed by atoms with E-state index in [-0.39, 0.29) is 11.5 Å². The van der Waals surface area contributed by atoms with Crippen LogP contribution in [-0.4, -0.2) is 17.5 Å². The van der Waals surface area contributed by atoms with Crippen molar-refractivity contribution >= 4 is 6.29 Å². The maximum Gasteiger partial charge on any atom is 0.120 e. The van der Waals surface area contributed by atoms with Gasteiger partial charge in [-0.05, 0) is 73.5 Å². The molecule has 3 fully saturated rings. The Morgan fingerprint density at radius 1 is 1.20 bits per heavy atom. The molecule has 0 heterocycles. The summed E-state index contributed by atoms with van der Waals surface area (Å²) in [5.41, 5.74) is 0.157. The molecule has 0 aliphatic heterocycles. The van der Waals surface area contributed by atoms with Crippen LogP contribution in [0.2, 0.25) is 0 Å². The zero-order valence-corrected chi connectivity index (χ0v) is 12.6. The lowest BCUT2D eigenvalue weighted by molar-refractivity contribution is -0.110. The SMILES string of the molecule is C=CC1C(CC=O)CCC2C1CCC1(C)C(O)CCC21. The van der Waals surface area contributed by atoms with Crippen LogP contribution in [0.4, 0.5) is 0 Å². The molecule has 112 valence electrons. The molecular formula is C18H28O2. The molecule has 0 saturated heterocycles. The summed E-state index contributed by atoms with van der Waals surface area (Å²) in [4.78, 5) is 10.9. The van der Waals surface area contributed by atoms with Crippen molar-refractivity contribution in [1.29, 1.82) is 0 Å². The van der Waals surface area contributed by atoms with Crippen molar-refractivity contribution in [3.8, 4) is 0 Å². The van der Waals surface area contributed by atoms with E-state index in [1.807, 2.05) is 0 Å². The minimum atomic E-state index is -0.0941. The maximum atomic E-state index is 10.9. The fourth-order valence-electron chi connectivity index (χ4n) is 5.90. The first-order chi connectivity index (χ1) is 9.61. The zero-order valence-electron chi connectivity index (χ0n) is 12.6. The Labute approximate surface area is 122 Å². The Balaban J connectivity index is 1.83.